The molecule has 2 aromatic rings. The van der Waals surface area contributed by atoms with Crippen LogP contribution in [0.5, 0.6) is 0 Å². The van der Waals surface area contributed by atoms with E-state index in [2.05, 4.69) is 15.5 Å². The van der Waals surface area contributed by atoms with E-state index in [1.54, 1.807) is 6.92 Å². The highest BCUT2D eigenvalue weighted by Crippen LogP contribution is 2.25. The van der Waals surface area contributed by atoms with Crippen LogP contribution in [-0.4, -0.2) is 22.8 Å². The first-order valence-corrected chi connectivity index (χ1v) is 7.04. The second-order valence-electron chi connectivity index (χ2n) is 5.05. The van der Waals surface area contributed by atoms with Crippen LogP contribution in [0.25, 0.3) is 0 Å². The lowest BCUT2D eigenvalue weighted by atomic mass is 10.0. The number of hydrogen-bond donors (Lipinski definition) is 2. The Labute approximate surface area is 124 Å². The minimum Gasteiger partial charge on any atom is -0.464 e. The monoisotopic (exact) mass is 287 g/mol. The maximum atomic E-state index is 12.3. The number of rotatable bonds is 5. The minimum absolute atomic E-state index is 0.299. The van der Waals surface area contributed by atoms with Crippen LogP contribution in [0.2, 0.25) is 0 Å². The number of aromatic nitrogens is 2. The van der Waals surface area contributed by atoms with E-state index >= 15 is 0 Å². The lowest BCUT2D eigenvalue weighted by Gasteiger charge is -2.19. The highest BCUT2D eigenvalue weighted by molar-refractivity contribution is 5.81. The van der Waals surface area contributed by atoms with E-state index in [9.17, 15) is 4.79 Å². The summed E-state index contributed by atoms with van der Waals surface area (Å²) in [5, 5.41) is 10.3. The first-order chi connectivity index (χ1) is 10.0. The van der Waals surface area contributed by atoms with Gasteiger partial charge < -0.3 is 10.1 Å². The number of nitrogens with zero attached hydrogens (tertiary/aromatic N) is 1. The molecule has 5 nitrogen and oxygen atoms in total. The molecule has 0 spiro atoms. The Bertz CT molecular complexity index is 615. The Kier molecular flexibility index (Phi) is 4.62. The number of esters is 1. The molecule has 0 aliphatic heterocycles. The van der Waals surface area contributed by atoms with Gasteiger partial charge in [0.25, 0.3) is 0 Å². The predicted molar refractivity (Wildman–Crippen MR) is 82.2 cm³/mol. The number of ether oxygens (including phenoxy) is 1. The molecule has 1 aromatic heterocycles. The van der Waals surface area contributed by atoms with Gasteiger partial charge in [-0.3, -0.25) is 5.10 Å². The fourth-order valence-electron chi connectivity index (χ4n) is 2.36. The number of carbonyl (C=O) groups excluding carboxylic acids is 1. The number of H-pyrrole nitrogens is 1. The molecule has 0 aliphatic rings. The maximum absolute atomic E-state index is 12.3. The average Bonchev–Trinajstić information content (AvgIpc) is 2.76. The van der Waals surface area contributed by atoms with E-state index in [0.717, 1.165) is 28.2 Å². The predicted octanol–water partition coefficient (Wildman–Crippen LogP) is 3.05. The topological polar surface area (TPSA) is 67.0 Å². The molecule has 1 heterocycles. The van der Waals surface area contributed by atoms with Crippen LogP contribution in [0.4, 0.5) is 5.69 Å². The molecule has 0 saturated heterocycles. The maximum Gasteiger partial charge on any atom is 0.333 e. The lowest BCUT2D eigenvalue weighted by Crippen LogP contribution is -2.24. The molecule has 0 bridgehead atoms. The van der Waals surface area contributed by atoms with Crippen molar-refractivity contribution in [3.63, 3.8) is 0 Å². The van der Waals surface area contributed by atoms with Crippen molar-refractivity contribution in [2.24, 2.45) is 0 Å². The normalized spacial score (nSPS) is 12.0. The van der Waals surface area contributed by atoms with Crippen LogP contribution in [0.1, 0.15) is 35.5 Å². The van der Waals surface area contributed by atoms with Crippen molar-refractivity contribution >= 4 is 11.7 Å². The van der Waals surface area contributed by atoms with Crippen molar-refractivity contribution < 1.29 is 9.53 Å². The molecule has 0 fully saturated rings. The third-order valence-electron chi connectivity index (χ3n) is 3.33. The van der Waals surface area contributed by atoms with Crippen LogP contribution in [0.15, 0.2) is 24.3 Å². The van der Waals surface area contributed by atoms with Crippen molar-refractivity contribution in [1.29, 1.82) is 0 Å². The van der Waals surface area contributed by atoms with E-state index in [-0.39, 0.29) is 5.97 Å². The number of hydrogen-bond acceptors (Lipinski definition) is 4. The summed E-state index contributed by atoms with van der Waals surface area (Å²) in [5.41, 5.74) is 4.52. The molecule has 0 amide bonds. The highest BCUT2D eigenvalue weighted by atomic mass is 16.5. The molecule has 1 atom stereocenters. The van der Waals surface area contributed by atoms with Gasteiger partial charge in [-0.05, 0) is 45.4 Å². The Morgan fingerprint density at radius 3 is 2.71 bits per heavy atom. The van der Waals surface area contributed by atoms with E-state index < -0.39 is 6.04 Å². The summed E-state index contributed by atoms with van der Waals surface area (Å²) in [6, 6.07) is 7.33. The van der Waals surface area contributed by atoms with E-state index in [1.807, 2.05) is 45.0 Å². The van der Waals surface area contributed by atoms with Gasteiger partial charge >= 0.3 is 5.97 Å². The zero-order chi connectivity index (χ0) is 15.4. The quantitative estimate of drug-likeness (QED) is 0.829. The molecule has 0 radical (unpaired) electrons. The third kappa shape index (κ3) is 3.42. The number of benzene rings is 1. The Morgan fingerprint density at radius 1 is 1.38 bits per heavy atom. The second kappa shape index (κ2) is 6.43. The lowest BCUT2D eigenvalue weighted by molar-refractivity contribution is -0.144. The van der Waals surface area contributed by atoms with Gasteiger partial charge in [-0.1, -0.05) is 12.1 Å². The Morgan fingerprint density at radius 2 is 2.14 bits per heavy atom. The summed E-state index contributed by atoms with van der Waals surface area (Å²) in [5.74, 6) is -0.299. The van der Waals surface area contributed by atoms with Gasteiger partial charge in [0.2, 0.25) is 0 Å². The summed E-state index contributed by atoms with van der Waals surface area (Å²) in [4.78, 5) is 12.3. The van der Waals surface area contributed by atoms with E-state index in [4.69, 9.17) is 4.74 Å². The molecule has 112 valence electrons. The zero-order valence-electron chi connectivity index (χ0n) is 12.9. The summed E-state index contributed by atoms with van der Waals surface area (Å²) in [6.45, 7) is 7.94. The standard InChI is InChI=1S/C16H21N3O2/c1-5-21-16(20)15(14-11(3)18-19-12(14)4)17-13-8-6-7-10(2)9-13/h6-9,15,17H,5H2,1-4H3,(H,18,19). The molecule has 2 rings (SSSR count). The van der Waals surface area contributed by atoms with Gasteiger partial charge in [0.05, 0.1) is 12.3 Å². The number of aromatic amines is 1. The molecule has 1 aromatic carbocycles. The number of nitrogens with one attached hydrogen (secondary N) is 2. The molecule has 21 heavy (non-hydrogen) atoms. The summed E-state index contributed by atoms with van der Waals surface area (Å²) >= 11 is 0. The van der Waals surface area contributed by atoms with Crippen molar-refractivity contribution in [3.8, 4) is 0 Å². The van der Waals surface area contributed by atoms with Crippen LogP contribution >= 0.6 is 0 Å². The SMILES string of the molecule is CCOC(=O)C(Nc1cccc(C)c1)c1c(C)n[nH]c1C. The van der Waals surface area contributed by atoms with Crippen LogP contribution < -0.4 is 5.32 Å². The van der Waals surface area contributed by atoms with Crippen molar-refractivity contribution in [3.05, 3.63) is 46.8 Å². The van der Waals surface area contributed by atoms with Crippen LogP contribution in [-0.2, 0) is 9.53 Å². The Balaban J connectivity index is 2.35. The molecular weight excluding hydrogens is 266 g/mol. The summed E-state index contributed by atoms with van der Waals surface area (Å²) in [6.07, 6.45) is 0. The third-order valence-corrected chi connectivity index (χ3v) is 3.33. The smallest absolute Gasteiger partial charge is 0.333 e. The average molecular weight is 287 g/mol. The van der Waals surface area contributed by atoms with Gasteiger partial charge in [0.1, 0.15) is 0 Å². The fourth-order valence-corrected chi connectivity index (χ4v) is 2.36. The summed E-state index contributed by atoms with van der Waals surface area (Å²) < 4.78 is 5.20. The summed E-state index contributed by atoms with van der Waals surface area (Å²) in [7, 11) is 0. The molecule has 0 aliphatic carbocycles. The van der Waals surface area contributed by atoms with Crippen molar-refractivity contribution in [2.75, 3.05) is 11.9 Å². The minimum atomic E-state index is -0.564. The molecule has 1 unspecified atom stereocenters. The molecule has 2 N–H and O–H groups in total. The zero-order valence-corrected chi connectivity index (χ0v) is 12.9. The van der Waals surface area contributed by atoms with Crippen LogP contribution in [0.3, 0.4) is 0 Å². The number of aryl methyl sites for hydroxylation is 3. The Hall–Kier alpha value is -2.30. The largest absolute Gasteiger partial charge is 0.464 e. The van der Waals surface area contributed by atoms with Crippen molar-refractivity contribution in [2.45, 2.75) is 33.7 Å². The fraction of sp³-hybridized carbons (Fsp3) is 0.375. The number of anilines is 1. The first kappa shape index (κ1) is 15.1. The van der Waals surface area contributed by atoms with Crippen LogP contribution in [0, 0.1) is 20.8 Å². The van der Waals surface area contributed by atoms with E-state index in [0.29, 0.717) is 6.61 Å². The highest BCUT2D eigenvalue weighted by Gasteiger charge is 2.27. The molecule has 0 saturated carbocycles. The van der Waals surface area contributed by atoms with Gasteiger partial charge in [-0.15, -0.1) is 0 Å². The van der Waals surface area contributed by atoms with Crippen molar-refractivity contribution in [1.82, 2.24) is 10.2 Å². The number of carbonyl (C=O) groups is 1. The van der Waals surface area contributed by atoms with Gasteiger partial charge in [-0.2, -0.15) is 5.10 Å². The second-order valence-corrected chi connectivity index (χ2v) is 5.05. The van der Waals surface area contributed by atoms with E-state index in [1.165, 1.54) is 0 Å². The van der Waals surface area contributed by atoms with Gasteiger partial charge in [0.15, 0.2) is 6.04 Å². The molecular formula is C16H21N3O2. The van der Waals surface area contributed by atoms with Gasteiger partial charge in [0, 0.05) is 16.9 Å². The first-order valence-electron chi connectivity index (χ1n) is 7.04. The van der Waals surface area contributed by atoms with Gasteiger partial charge in [-0.25, -0.2) is 4.79 Å². The molecule has 5 heteroatoms.